The molecule has 4 heteroatoms. The zero-order valence-corrected chi connectivity index (χ0v) is 12.4. The minimum Gasteiger partial charge on any atom is -0.360 e. The highest BCUT2D eigenvalue weighted by molar-refractivity contribution is 9.10. The van der Waals surface area contributed by atoms with Crippen LogP contribution in [0, 0.1) is 0 Å². The Bertz CT molecular complexity index is 519. The lowest BCUT2D eigenvalue weighted by Crippen LogP contribution is -2.08. The first-order chi connectivity index (χ1) is 8.09. The summed E-state index contributed by atoms with van der Waals surface area (Å²) in [7, 11) is 0. The Morgan fingerprint density at radius 1 is 1.41 bits per heavy atom. The number of aromatic nitrogens is 1. The zero-order chi connectivity index (χ0) is 13.0. The topological polar surface area (TPSA) is 32.9 Å². The van der Waals surface area contributed by atoms with E-state index in [2.05, 4.69) is 20.9 Å². The SMILES string of the molecule is CC.CC(Br)C(=O)c1c[nH]c2ccc(Cl)cc12. The third-order valence-electron chi connectivity index (χ3n) is 2.27. The summed E-state index contributed by atoms with van der Waals surface area (Å²) in [5, 5.41) is 1.51. The van der Waals surface area contributed by atoms with Crippen LogP contribution in [0.25, 0.3) is 10.9 Å². The van der Waals surface area contributed by atoms with E-state index in [0.29, 0.717) is 10.6 Å². The predicted molar refractivity (Wildman–Crippen MR) is 77.4 cm³/mol. The van der Waals surface area contributed by atoms with Crippen molar-refractivity contribution in [3.8, 4) is 0 Å². The fraction of sp³-hybridized carbons (Fsp3) is 0.308. The van der Waals surface area contributed by atoms with E-state index in [-0.39, 0.29) is 10.6 Å². The van der Waals surface area contributed by atoms with Gasteiger partial charge in [0, 0.05) is 27.7 Å². The number of nitrogens with one attached hydrogen (secondary N) is 1. The largest absolute Gasteiger partial charge is 0.360 e. The van der Waals surface area contributed by atoms with Gasteiger partial charge >= 0.3 is 0 Å². The molecule has 92 valence electrons. The van der Waals surface area contributed by atoms with E-state index in [0.717, 1.165) is 10.9 Å². The Labute approximate surface area is 114 Å². The van der Waals surface area contributed by atoms with Gasteiger partial charge in [-0.05, 0) is 25.1 Å². The number of carbonyl (C=O) groups excluding carboxylic acids is 1. The maximum absolute atomic E-state index is 11.8. The molecule has 0 saturated heterocycles. The quantitative estimate of drug-likeness (QED) is 0.625. The third-order valence-corrected chi connectivity index (χ3v) is 2.92. The first-order valence-electron chi connectivity index (χ1n) is 5.54. The van der Waals surface area contributed by atoms with Crippen molar-refractivity contribution in [2.24, 2.45) is 0 Å². The number of halogens is 2. The summed E-state index contributed by atoms with van der Waals surface area (Å²) in [5.41, 5.74) is 1.60. The van der Waals surface area contributed by atoms with Crippen LogP contribution >= 0.6 is 27.5 Å². The molecule has 2 rings (SSSR count). The second-order valence-electron chi connectivity index (χ2n) is 3.37. The Morgan fingerprint density at radius 3 is 2.65 bits per heavy atom. The number of hydrogen-bond donors (Lipinski definition) is 1. The molecule has 1 aromatic heterocycles. The second-order valence-corrected chi connectivity index (χ2v) is 5.18. The number of aromatic amines is 1. The van der Waals surface area contributed by atoms with Crippen LogP contribution in [-0.4, -0.2) is 15.6 Å². The molecule has 0 saturated carbocycles. The monoisotopic (exact) mass is 315 g/mol. The number of fused-ring (bicyclic) bond motifs is 1. The molecule has 1 unspecified atom stereocenters. The molecule has 0 bridgehead atoms. The van der Waals surface area contributed by atoms with Crippen LogP contribution in [0.5, 0.6) is 0 Å². The van der Waals surface area contributed by atoms with Crippen LogP contribution in [-0.2, 0) is 0 Å². The summed E-state index contributed by atoms with van der Waals surface area (Å²) in [5.74, 6) is 0.0588. The number of Topliss-reactive ketones (excluding diaryl/α,β-unsaturated/α-hetero) is 1. The van der Waals surface area contributed by atoms with E-state index >= 15 is 0 Å². The van der Waals surface area contributed by atoms with Gasteiger partial charge in [-0.15, -0.1) is 0 Å². The van der Waals surface area contributed by atoms with Crippen LogP contribution in [0.1, 0.15) is 31.1 Å². The van der Waals surface area contributed by atoms with Crippen molar-refractivity contribution in [2.45, 2.75) is 25.6 Å². The molecule has 0 radical (unpaired) electrons. The van der Waals surface area contributed by atoms with Gasteiger partial charge in [-0.2, -0.15) is 0 Å². The molecule has 0 aliphatic heterocycles. The highest BCUT2D eigenvalue weighted by atomic mass is 79.9. The summed E-state index contributed by atoms with van der Waals surface area (Å²) in [6, 6.07) is 5.47. The van der Waals surface area contributed by atoms with Crippen molar-refractivity contribution in [1.29, 1.82) is 0 Å². The number of H-pyrrole nitrogens is 1. The lowest BCUT2D eigenvalue weighted by Gasteiger charge is -2.00. The first kappa shape index (κ1) is 14.3. The number of ketones is 1. The van der Waals surface area contributed by atoms with E-state index in [4.69, 9.17) is 11.6 Å². The molecule has 1 N–H and O–H groups in total. The average molecular weight is 317 g/mol. The van der Waals surface area contributed by atoms with Crippen molar-refractivity contribution >= 4 is 44.2 Å². The number of hydrogen-bond acceptors (Lipinski definition) is 1. The number of alkyl halides is 1. The maximum Gasteiger partial charge on any atom is 0.178 e. The van der Waals surface area contributed by atoms with Crippen molar-refractivity contribution in [1.82, 2.24) is 4.98 Å². The molecular weight excluding hydrogens is 302 g/mol. The summed E-state index contributed by atoms with van der Waals surface area (Å²) < 4.78 is 0. The number of benzene rings is 1. The fourth-order valence-electron chi connectivity index (χ4n) is 1.51. The van der Waals surface area contributed by atoms with Crippen molar-refractivity contribution in [2.75, 3.05) is 0 Å². The molecule has 1 aromatic carbocycles. The van der Waals surface area contributed by atoms with Gasteiger partial charge < -0.3 is 4.98 Å². The lowest BCUT2D eigenvalue weighted by molar-refractivity contribution is 0.0997. The van der Waals surface area contributed by atoms with Gasteiger partial charge in [0.05, 0.1) is 4.83 Å². The highest BCUT2D eigenvalue weighted by Gasteiger charge is 2.16. The second kappa shape index (κ2) is 6.22. The minimum atomic E-state index is -0.185. The molecule has 17 heavy (non-hydrogen) atoms. The van der Waals surface area contributed by atoms with Gasteiger partial charge in [0.15, 0.2) is 5.78 Å². The van der Waals surface area contributed by atoms with Gasteiger partial charge in [-0.1, -0.05) is 41.4 Å². The summed E-state index contributed by atoms with van der Waals surface area (Å²) in [6.07, 6.45) is 1.72. The molecule has 2 nitrogen and oxygen atoms in total. The van der Waals surface area contributed by atoms with Gasteiger partial charge in [0.1, 0.15) is 0 Å². The molecule has 0 aliphatic carbocycles. The fourth-order valence-corrected chi connectivity index (χ4v) is 1.93. The van der Waals surface area contributed by atoms with Crippen LogP contribution in [0.3, 0.4) is 0 Å². The molecule has 1 atom stereocenters. The van der Waals surface area contributed by atoms with E-state index in [1.807, 2.05) is 26.8 Å². The van der Waals surface area contributed by atoms with Gasteiger partial charge in [0.2, 0.25) is 0 Å². The van der Waals surface area contributed by atoms with E-state index < -0.39 is 0 Å². The van der Waals surface area contributed by atoms with Gasteiger partial charge in [0.25, 0.3) is 0 Å². The molecule has 0 fully saturated rings. The normalized spacial score (nSPS) is 11.8. The third kappa shape index (κ3) is 3.11. The number of rotatable bonds is 2. The van der Waals surface area contributed by atoms with Crippen LogP contribution in [0.2, 0.25) is 5.02 Å². The number of carbonyl (C=O) groups is 1. The van der Waals surface area contributed by atoms with Crippen LogP contribution in [0.15, 0.2) is 24.4 Å². The smallest absolute Gasteiger partial charge is 0.178 e. The molecule has 0 amide bonds. The zero-order valence-electron chi connectivity index (χ0n) is 10.1. The van der Waals surface area contributed by atoms with Crippen LogP contribution in [0.4, 0.5) is 0 Å². The van der Waals surface area contributed by atoms with Gasteiger partial charge in [-0.3, -0.25) is 4.79 Å². The predicted octanol–water partition coefficient (Wildman–Crippen LogP) is 4.81. The maximum atomic E-state index is 11.8. The van der Waals surface area contributed by atoms with Crippen LogP contribution < -0.4 is 0 Å². The molecular formula is C13H15BrClNO. The summed E-state index contributed by atoms with van der Waals surface area (Å²) >= 11 is 9.16. The van der Waals surface area contributed by atoms with Crippen molar-refractivity contribution in [3.63, 3.8) is 0 Å². The van der Waals surface area contributed by atoms with E-state index in [9.17, 15) is 4.79 Å². The Hall–Kier alpha value is -0.800. The Balaban J connectivity index is 0.000000686. The Kier molecular flexibility index (Phi) is 5.22. The van der Waals surface area contributed by atoms with E-state index in [1.54, 1.807) is 18.3 Å². The average Bonchev–Trinajstić information content (AvgIpc) is 2.73. The first-order valence-corrected chi connectivity index (χ1v) is 6.84. The molecule has 0 spiro atoms. The highest BCUT2D eigenvalue weighted by Crippen LogP contribution is 2.24. The lowest BCUT2D eigenvalue weighted by atomic mass is 10.1. The van der Waals surface area contributed by atoms with Crippen molar-refractivity contribution < 1.29 is 4.79 Å². The summed E-state index contributed by atoms with van der Waals surface area (Å²) in [4.78, 5) is 14.7. The van der Waals surface area contributed by atoms with Crippen molar-refractivity contribution in [3.05, 3.63) is 35.0 Å². The van der Waals surface area contributed by atoms with Gasteiger partial charge in [-0.25, -0.2) is 0 Å². The van der Waals surface area contributed by atoms with E-state index in [1.165, 1.54) is 0 Å². The summed E-state index contributed by atoms with van der Waals surface area (Å²) in [6.45, 7) is 5.81. The molecule has 1 heterocycles. The standard InChI is InChI=1S/C11H9BrClNO.C2H6/c1-6(12)11(15)9-5-14-10-3-2-7(13)4-8(9)10;1-2/h2-6,14H,1H3;1-2H3. The molecule has 2 aromatic rings. The Morgan fingerprint density at radius 2 is 2.06 bits per heavy atom. The minimum absolute atomic E-state index is 0.0588. The molecule has 0 aliphatic rings.